The number of hydrogen-bond donors (Lipinski definition) is 0. The number of thiophene rings is 3. The second-order valence-corrected chi connectivity index (χ2v) is 13.2. The van der Waals surface area contributed by atoms with Gasteiger partial charge in [-0.2, -0.15) is 0 Å². The zero-order valence-electron chi connectivity index (χ0n) is 23.2. The standard InChI is InChI=1S/C32H32N2O5S3/c35-21-23-3-9-29(40-23)25-5-7-27-31-11-12-32(42-31)28-8-6-26(30-10-4-24(22-36)41-30)34(28)14-2-16-38-18-20-39-19-17-37-15-1-13-33(25)27/h3-12,21-22H,1-2,13-20H2. The monoisotopic (exact) mass is 620 g/mol. The number of fused-ring (bicyclic) bond motifs is 6. The Balaban J connectivity index is 1.37. The molecule has 42 heavy (non-hydrogen) atoms. The van der Waals surface area contributed by atoms with Gasteiger partial charge in [0.25, 0.3) is 0 Å². The van der Waals surface area contributed by atoms with E-state index in [0.29, 0.717) is 39.6 Å². The third-order valence-corrected chi connectivity index (χ3v) is 10.3. The highest BCUT2D eigenvalue weighted by Crippen LogP contribution is 2.40. The summed E-state index contributed by atoms with van der Waals surface area (Å²) in [5, 5.41) is 0. The van der Waals surface area contributed by atoms with E-state index in [2.05, 4.69) is 45.5 Å². The van der Waals surface area contributed by atoms with Crippen LogP contribution in [0.15, 0.2) is 60.7 Å². The molecule has 1 aliphatic rings. The predicted molar refractivity (Wildman–Crippen MR) is 170 cm³/mol. The Hall–Kier alpha value is -3.12. The maximum Gasteiger partial charge on any atom is 0.160 e. The van der Waals surface area contributed by atoms with Gasteiger partial charge in [0.1, 0.15) is 0 Å². The van der Waals surface area contributed by atoms with Crippen LogP contribution in [0.5, 0.6) is 0 Å². The summed E-state index contributed by atoms with van der Waals surface area (Å²) >= 11 is 4.81. The summed E-state index contributed by atoms with van der Waals surface area (Å²) in [4.78, 5) is 28.7. The number of nitrogens with zero attached hydrogens (tertiary/aromatic N) is 2. The third kappa shape index (κ3) is 6.44. The Labute approximate surface area is 256 Å². The summed E-state index contributed by atoms with van der Waals surface area (Å²) in [5.74, 6) is 0. The van der Waals surface area contributed by atoms with Crippen LogP contribution >= 0.6 is 34.0 Å². The summed E-state index contributed by atoms with van der Waals surface area (Å²) < 4.78 is 22.1. The number of carbonyl (C=O) groups excluding carboxylic acids is 2. The lowest BCUT2D eigenvalue weighted by Crippen LogP contribution is -2.12. The SMILES string of the molecule is O=Cc1ccc(-c2ccc3n2CCCOCCOCCOCCCn2c(-c4ccc(C=O)s4)ccc2-c2ccc-3s2)s1. The zero-order valence-corrected chi connectivity index (χ0v) is 25.6. The molecular weight excluding hydrogens is 589 g/mol. The quantitative estimate of drug-likeness (QED) is 0.194. The van der Waals surface area contributed by atoms with Gasteiger partial charge in [0.15, 0.2) is 12.6 Å². The summed E-state index contributed by atoms with van der Waals surface area (Å²) in [6.07, 6.45) is 3.54. The van der Waals surface area contributed by atoms with Crippen molar-refractivity contribution < 1.29 is 23.8 Å². The molecule has 5 aromatic rings. The van der Waals surface area contributed by atoms with Crippen molar-refractivity contribution in [3.05, 3.63) is 70.4 Å². The lowest BCUT2D eigenvalue weighted by molar-refractivity contribution is 0.0129. The fraction of sp³-hybridized carbons (Fsp3) is 0.312. The average molecular weight is 621 g/mol. The van der Waals surface area contributed by atoms with Gasteiger partial charge >= 0.3 is 0 Å². The fourth-order valence-electron chi connectivity index (χ4n) is 5.19. The first-order chi connectivity index (χ1) is 20.7. The molecule has 0 unspecified atom stereocenters. The molecule has 7 nitrogen and oxygen atoms in total. The van der Waals surface area contributed by atoms with E-state index in [-0.39, 0.29) is 0 Å². The largest absolute Gasteiger partial charge is 0.379 e. The van der Waals surface area contributed by atoms with Crippen molar-refractivity contribution >= 4 is 46.6 Å². The molecule has 1 aliphatic heterocycles. The van der Waals surface area contributed by atoms with Crippen LogP contribution < -0.4 is 0 Å². The second-order valence-electron chi connectivity index (χ2n) is 9.86. The van der Waals surface area contributed by atoms with Crippen LogP contribution in [0.25, 0.3) is 42.3 Å². The molecule has 0 saturated carbocycles. The normalized spacial score (nSPS) is 15.5. The Morgan fingerprint density at radius 3 is 1.21 bits per heavy atom. The molecule has 0 saturated heterocycles. The van der Waals surface area contributed by atoms with Crippen LogP contribution in [0.3, 0.4) is 0 Å². The molecule has 5 aromatic heterocycles. The smallest absolute Gasteiger partial charge is 0.160 e. The van der Waals surface area contributed by atoms with Crippen molar-refractivity contribution in [2.24, 2.45) is 0 Å². The zero-order chi connectivity index (χ0) is 28.7. The first kappa shape index (κ1) is 29.0. The van der Waals surface area contributed by atoms with Crippen molar-refractivity contribution in [2.45, 2.75) is 25.9 Å². The molecule has 0 radical (unpaired) electrons. The van der Waals surface area contributed by atoms with E-state index >= 15 is 0 Å². The van der Waals surface area contributed by atoms with E-state index in [1.54, 1.807) is 11.3 Å². The van der Waals surface area contributed by atoms with Crippen LogP contribution in [0, 0.1) is 0 Å². The van der Waals surface area contributed by atoms with E-state index in [1.165, 1.54) is 32.4 Å². The third-order valence-electron chi connectivity index (χ3n) is 7.15. The van der Waals surface area contributed by atoms with Gasteiger partial charge in [-0.15, -0.1) is 34.0 Å². The van der Waals surface area contributed by atoms with Crippen LogP contribution in [-0.4, -0.2) is 61.3 Å². The van der Waals surface area contributed by atoms with Gasteiger partial charge in [0.2, 0.25) is 0 Å². The van der Waals surface area contributed by atoms with Gasteiger partial charge in [0, 0.05) is 26.3 Å². The molecule has 6 heterocycles. The second kappa shape index (κ2) is 13.9. The molecule has 0 spiro atoms. The number of carbonyl (C=O) groups is 2. The Kier molecular flexibility index (Phi) is 9.59. The molecule has 0 aliphatic carbocycles. The van der Waals surface area contributed by atoms with Gasteiger partial charge in [-0.05, 0) is 73.5 Å². The maximum absolute atomic E-state index is 11.4. The van der Waals surface area contributed by atoms with Crippen LogP contribution in [0.2, 0.25) is 0 Å². The van der Waals surface area contributed by atoms with E-state index in [9.17, 15) is 9.59 Å². The van der Waals surface area contributed by atoms with Gasteiger partial charge in [-0.3, -0.25) is 9.59 Å². The molecule has 218 valence electrons. The van der Waals surface area contributed by atoms with E-state index in [1.807, 2.05) is 24.3 Å². The molecule has 0 amide bonds. The van der Waals surface area contributed by atoms with Crippen molar-refractivity contribution in [1.82, 2.24) is 9.13 Å². The molecule has 0 fully saturated rings. The molecule has 0 atom stereocenters. The molecule has 10 heteroatoms. The molecule has 6 rings (SSSR count). The molecule has 0 N–H and O–H groups in total. The Morgan fingerprint density at radius 2 is 0.833 bits per heavy atom. The van der Waals surface area contributed by atoms with E-state index < -0.39 is 0 Å². The van der Waals surface area contributed by atoms with Crippen LogP contribution in [-0.2, 0) is 27.3 Å². The minimum absolute atomic E-state index is 0.546. The maximum atomic E-state index is 11.4. The van der Waals surface area contributed by atoms with Crippen LogP contribution in [0.1, 0.15) is 32.2 Å². The van der Waals surface area contributed by atoms with Crippen LogP contribution in [0.4, 0.5) is 0 Å². The first-order valence-electron chi connectivity index (χ1n) is 14.1. The Bertz CT molecular complexity index is 1520. The molecule has 2 bridgehead atoms. The van der Waals surface area contributed by atoms with Gasteiger partial charge in [-0.1, -0.05) is 0 Å². The number of ether oxygens (including phenoxy) is 3. The van der Waals surface area contributed by atoms with E-state index in [4.69, 9.17) is 14.2 Å². The molecule has 0 aromatic carbocycles. The minimum Gasteiger partial charge on any atom is -0.379 e. The lowest BCUT2D eigenvalue weighted by atomic mass is 10.3. The van der Waals surface area contributed by atoms with E-state index in [0.717, 1.165) is 80.8 Å². The summed E-state index contributed by atoms with van der Waals surface area (Å²) in [5.41, 5.74) is 4.53. The van der Waals surface area contributed by atoms with Gasteiger partial charge in [0.05, 0.1) is 78.5 Å². The van der Waals surface area contributed by atoms with Crippen molar-refractivity contribution in [3.63, 3.8) is 0 Å². The molecular formula is C32H32N2O5S3. The highest BCUT2D eigenvalue weighted by atomic mass is 32.1. The average Bonchev–Trinajstić information content (AvgIpc) is 3.83. The highest BCUT2D eigenvalue weighted by Gasteiger charge is 2.18. The van der Waals surface area contributed by atoms with Gasteiger partial charge in [-0.25, -0.2) is 0 Å². The minimum atomic E-state index is 0.546. The first-order valence-corrected chi connectivity index (χ1v) is 16.5. The number of aromatic nitrogens is 2. The van der Waals surface area contributed by atoms with Gasteiger partial charge < -0.3 is 23.3 Å². The number of aldehydes is 2. The number of rotatable bonds is 4. The number of hydrogen-bond acceptors (Lipinski definition) is 8. The summed E-state index contributed by atoms with van der Waals surface area (Å²) in [7, 11) is 0. The topological polar surface area (TPSA) is 71.7 Å². The Morgan fingerprint density at radius 1 is 0.476 bits per heavy atom. The van der Waals surface area contributed by atoms with Crippen molar-refractivity contribution in [1.29, 1.82) is 0 Å². The summed E-state index contributed by atoms with van der Waals surface area (Å²) in [6.45, 7) is 5.08. The lowest BCUT2D eigenvalue weighted by Gasteiger charge is -2.14. The van der Waals surface area contributed by atoms with Crippen molar-refractivity contribution in [3.8, 4) is 42.3 Å². The summed E-state index contributed by atoms with van der Waals surface area (Å²) in [6, 6.07) is 20.9. The predicted octanol–water partition coefficient (Wildman–Crippen LogP) is 7.61. The highest BCUT2D eigenvalue weighted by molar-refractivity contribution is 7.19. The van der Waals surface area contributed by atoms with Crippen molar-refractivity contribution in [2.75, 3.05) is 39.6 Å². The fourth-order valence-corrected chi connectivity index (χ4v) is 7.98.